The summed E-state index contributed by atoms with van der Waals surface area (Å²) in [4.78, 5) is 16.9. The Balaban J connectivity index is 1.72. The van der Waals surface area contributed by atoms with Gasteiger partial charge in [0.1, 0.15) is 5.75 Å². The van der Waals surface area contributed by atoms with Gasteiger partial charge in [-0.05, 0) is 49.2 Å². The van der Waals surface area contributed by atoms with E-state index in [0.29, 0.717) is 0 Å². The fourth-order valence-electron chi connectivity index (χ4n) is 3.19. The summed E-state index contributed by atoms with van der Waals surface area (Å²) in [5.74, 6) is 1.01. The number of anilines is 1. The van der Waals surface area contributed by atoms with Crippen molar-refractivity contribution in [1.29, 1.82) is 0 Å². The Labute approximate surface area is 143 Å². The average Bonchev–Trinajstić information content (AvgIpc) is 2.59. The number of carbonyl (C=O) groups is 1. The van der Waals surface area contributed by atoms with E-state index < -0.39 is 0 Å². The maximum atomic E-state index is 12.8. The van der Waals surface area contributed by atoms with Gasteiger partial charge in [-0.2, -0.15) is 0 Å². The zero-order valence-electron chi connectivity index (χ0n) is 14.5. The molecular formula is C20H24N2O2. The third-order valence-corrected chi connectivity index (χ3v) is 4.62. The Morgan fingerprint density at radius 2 is 1.92 bits per heavy atom. The van der Waals surface area contributed by atoms with Gasteiger partial charge in [-0.3, -0.25) is 9.69 Å². The third kappa shape index (κ3) is 3.44. The first-order valence-corrected chi connectivity index (χ1v) is 8.33. The number of hydrogen-bond acceptors (Lipinski definition) is 3. The number of carbonyl (C=O) groups excluding carboxylic acids is 1. The number of nitrogens with zero attached hydrogens (tertiary/aromatic N) is 2. The van der Waals surface area contributed by atoms with Gasteiger partial charge in [0.05, 0.1) is 13.2 Å². The highest BCUT2D eigenvalue weighted by Crippen LogP contribution is 2.23. The standard InChI is InChI=1S/C20H24N2O2/c1-15-6-4-8-18(12-15)22-11-10-21(16(2)20(22)23)14-17-7-5-9-19(13-17)24-3/h4-9,12-13,16H,10-11,14H2,1-3H3. The van der Waals surface area contributed by atoms with Gasteiger partial charge in [0.25, 0.3) is 0 Å². The molecule has 0 saturated carbocycles. The van der Waals surface area contributed by atoms with Gasteiger partial charge in [0.2, 0.25) is 5.91 Å². The van der Waals surface area contributed by atoms with E-state index in [-0.39, 0.29) is 11.9 Å². The van der Waals surface area contributed by atoms with Crippen LogP contribution in [0.5, 0.6) is 5.75 Å². The van der Waals surface area contributed by atoms with Crippen LogP contribution in [0.3, 0.4) is 0 Å². The van der Waals surface area contributed by atoms with Crippen LogP contribution in [0.15, 0.2) is 48.5 Å². The lowest BCUT2D eigenvalue weighted by Gasteiger charge is -2.39. The van der Waals surface area contributed by atoms with Crippen molar-refractivity contribution in [2.24, 2.45) is 0 Å². The van der Waals surface area contributed by atoms with Gasteiger partial charge < -0.3 is 9.64 Å². The zero-order chi connectivity index (χ0) is 17.1. The highest BCUT2D eigenvalue weighted by Gasteiger charge is 2.32. The van der Waals surface area contributed by atoms with E-state index in [2.05, 4.69) is 30.0 Å². The molecule has 1 aliphatic rings. The molecule has 1 amide bonds. The number of ether oxygens (including phenoxy) is 1. The van der Waals surface area contributed by atoms with Gasteiger partial charge in [0, 0.05) is 25.3 Å². The summed E-state index contributed by atoms with van der Waals surface area (Å²) in [6, 6.07) is 16.0. The van der Waals surface area contributed by atoms with Gasteiger partial charge in [0.15, 0.2) is 0 Å². The van der Waals surface area contributed by atoms with Crippen molar-refractivity contribution in [2.45, 2.75) is 26.4 Å². The number of amides is 1. The molecule has 2 aromatic carbocycles. The quantitative estimate of drug-likeness (QED) is 0.865. The second-order valence-corrected chi connectivity index (χ2v) is 6.33. The van der Waals surface area contributed by atoms with Crippen LogP contribution >= 0.6 is 0 Å². The van der Waals surface area contributed by atoms with Crippen molar-refractivity contribution in [3.63, 3.8) is 0 Å². The summed E-state index contributed by atoms with van der Waals surface area (Å²) in [7, 11) is 1.67. The molecule has 0 aliphatic carbocycles. The van der Waals surface area contributed by atoms with E-state index in [1.807, 2.05) is 42.2 Å². The van der Waals surface area contributed by atoms with Crippen molar-refractivity contribution < 1.29 is 9.53 Å². The summed E-state index contributed by atoms with van der Waals surface area (Å²) in [6.45, 7) is 6.38. The van der Waals surface area contributed by atoms with Crippen LogP contribution in [0.2, 0.25) is 0 Å². The molecule has 2 aromatic rings. The lowest BCUT2D eigenvalue weighted by Crippen LogP contribution is -2.55. The monoisotopic (exact) mass is 324 g/mol. The predicted octanol–water partition coefficient (Wildman–Crippen LogP) is 3.24. The molecule has 1 saturated heterocycles. The number of hydrogen-bond donors (Lipinski definition) is 0. The van der Waals surface area contributed by atoms with Crippen LogP contribution < -0.4 is 9.64 Å². The van der Waals surface area contributed by atoms with Crippen LogP contribution in [0.25, 0.3) is 0 Å². The maximum absolute atomic E-state index is 12.8. The highest BCUT2D eigenvalue weighted by molar-refractivity contribution is 5.97. The fourth-order valence-corrected chi connectivity index (χ4v) is 3.19. The van der Waals surface area contributed by atoms with E-state index in [9.17, 15) is 4.79 Å². The molecule has 1 atom stereocenters. The topological polar surface area (TPSA) is 32.8 Å². The number of methoxy groups -OCH3 is 1. The molecule has 0 N–H and O–H groups in total. The van der Waals surface area contributed by atoms with E-state index in [1.54, 1.807) is 7.11 Å². The van der Waals surface area contributed by atoms with Gasteiger partial charge >= 0.3 is 0 Å². The molecule has 0 spiro atoms. The molecular weight excluding hydrogens is 300 g/mol. The minimum atomic E-state index is -0.134. The van der Waals surface area contributed by atoms with E-state index in [1.165, 1.54) is 5.56 Å². The summed E-state index contributed by atoms with van der Waals surface area (Å²) < 4.78 is 5.28. The lowest BCUT2D eigenvalue weighted by molar-refractivity contribution is -0.125. The minimum Gasteiger partial charge on any atom is -0.497 e. The normalized spacial score (nSPS) is 18.7. The summed E-state index contributed by atoms with van der Waals surface area (Å²) in [5, 5.41) is 0. The average molecular weight is 324 g/mol. The molecule has 0 aromatic heterocycles. The molecule has 1 heterocycles. The highest BCUT2D eigenvalue weighted by atomic mass is 16.5. The third-order valence-electron chi connectivity index (χ3n) is 4.62. The molecule has 0 bridgehead atoms. The van der Waals surface area contributed by atoms with Crippen LogP contribution in [0, 0.1) is 6.92 Å². The molecule has 1 aliphatic heterocycles. The minimum absolute atomic E-state index is 0.134. The number of benzene rings is 2. The fraction of sp³-hybridized carbons (Fsp3) is 0.350. The first kappa shape index (κ1) is 16.5. The van der Waals surface area contributed by atoms with Crippen LogP contribution in [-0.2, 0) is 11.3 Å². The molecule has 0 radical (unpaired) electrons. The summed E-state index contributed by atoms with van der Waals surface area (Å²) in [5.41, 5.74) is 3.33. The second kappa shape index (κ2) is 7.05. The molecule has 1 fully saturated rings. The summed E-state index contributed by atoms with van der Waals surface area (Å²) >= 11 is 0. The number of piperazine rings is 1. The molecule has 4 nitrogen and oxygen atoms in total. The van der Waals surface area contributed by atoms with E-state index >= 15 is 0 Å². The Morgan fingerprint density at radius 1 is 1.12 bits per heavy atom. The van der Waals surface area contributed by atoms with Crippen molar-refractivity contribution in [3.05, 3.63) is 59.7 Å². The molecule has 126 valence electrons. The SMILES string of the molecule is COc1cccc(CN2CCN(c3cccc(C)c3)C(=O)C2C)c1. The summed E-state index contributed by atoms with van der Waals surface area (Å²) in [6.07, 6.45) is 0. The van der Waals surface area contributed by atoms with E-state index in [4.69, 9.17) is 4.74 Å². The van der Waals surface area contributed by atoms with Gasteiger partial charge in [-0.15, -0.1) is 0 Å². The molecule has 4 heteroatoms. The van der Waals surface area contributed by atoms with Crippen molar-refractivity contribution in [3.8, 4) is 5.75 Å². The molecule has 3 rings (SSSR count). The Bertz CT molecular complexity index is 729. The first-order valence-electron chi connectivity index (χ1n) is 8.33. The van der Waals surface area contributed by atoms with Gasteiger partial charge in [-0.1, -0.05) is 24.3 Å². The number of aryl methyl sites for hydroxylation is 1. The Hall–Kier alpha value is -2.33. The van der Waals surface area contributed by atoms with Crippen molar-refractivity contribution in [2.75, 3.05) is 25.1 Å². The lowest BCUT2D eigenvalue weighted by atomic mass is 10.1. The van der Waals surface area contributed by atoms with Gasteiger partial charge in [-0.25, -0.2) is 0 Å². The van der Waals surface area contributed by atoms with Crippen molar-refractivity contribution >= 4 is 11.6 Å². The smallest absolute Gasteiger partial charge is 0.244 e. The van der Waals surface area contributed by atoms with Crippen LogP contribution in [0.1, 0.15) is 18.1 Å². The molecule has 1 unspecified atom stereocenters. The molecule has 24 heavy (non-hydrogen) atoms. The zero-order valence-corrected chi connectivity index (χ0v) is 14.5. The van der Waals surface area contributed by atoms with Crippen LogP contribution in [0.4, 0.5) is 5.69 Å². The second-order valence-electron chi connectivity index (χ2n) is 6.33. The Kier molecular flexibility index (Phi) is 4.86. The maximum Gasteiger partial charge on any atom is 0.244 e. The first-order chi connectivity index (χ1) is 11.6. The van der Waals surface area contributed by atoms with Crippen LogP contribution in [-0.4, -0.2) is 37.0 Å². The predicted molar refractivity (Wildman–Crippen MR) is 96.4 cm³/mol. The Morgan fingerprint density at radius 3 is 2.67 bits per heavy atom. The van der Waals surface area contributed by atoms with E-state index in [0.717, 1.165) is 36.6 Å². The van der Waals surface area contributed by atoms with Crippen molar-refractivity contribution in [1.82, 2.24) is 4.90 Å². The largest absolute Gasteiger partial charge is 0.497 e. The number of rotatable bonds is 4.